The van der Waals surface area contributed by atoms with Crippen LogP contribution >= 0.6 is 0 Å². The molecule has 1 aromatic rings. The minimum absolute atomic E-state index is 0.0421. The summed E-state index contributed by atoms with van der Waals surface area (Å²) < 4.78 is 5.43. The zero-order chi connectivity index (χ0) is 17.7. The lowest BCUT2D eigenvalue weighted by Crippen LogP contribution is -2.50. The second-order valence-electron chi connectivity index (χ2n) is 6.99. The molecule has 24 heavy (non-hydrogen) atoms. The Kier molecular flexibility index (Phi) is 5.70. The molecule has 0 unspecified atom stereocenters. The molecule has 1 N–H and O–H groups in total. The summed E-state index contributed by atoms with van der Waals surface area (Å²) in [5, 5.41) is 2.84. The fraction of sp³-hybridized carbons (Fsp3) is 0.556. The Labute approximate surface area is 143 Å². The number of anilines is 1. The second kappa shape index (κ2) is 7.55. The molecule has 0 radical (unpaired) electrons. The van der Waals surface area contributed by atoms with Crippen LogP contribution in [0.5, 0.6) is 0 Å². The molecular formula is C18H27N3O3. The summed E-state index contributed by atoms with van der Waals surface area (Å²) >= 11 is 0. The number of amides is 2. The van der Waals surface area contributed by atoms with E-state index in [2.05, 4.69) is 16.3 Å². The maximum atomic E-state index is 12.1. The number of nitrogens with zero attached hydrogens (tertiary/aromatic N) is 2. The van der Waals surface area contributed by atoms with Crippen LogP contribution in [-0.4, -0.2) is 48.7 Å². The average molecular weight is 333 g/mol. The van der Waals surface area contributed by atoms with E-state index in [0.717, 1.165) is 24.3 Å². The van der Waals surface area contributed by atoms with E-state index in [1.165, 1.54) is 6.92 Å². The third kappa shape index (κ3) is 5.15. The summed E-state index contributed by atoms with van der Waals surface area (Å²) in [4.78, 5) is 27.3. The van der Waals surface area contributed by atoms with Crippen LogP contribution in [0.3, 0.4) is 0 Å². The van der Waals surface area contributed by atoms with Crippen LogP contribution in [-0.2, 0) is 16.1 Å². The highest BCUT2D eigenvalue weighted by atomic mass is 16.6. The Hall–Kier alpha value is -2.24. The number of ether oxygens (including phenoxy) is 1. The van der Waals surface area contributed by atoms with Crippen LogP contribution in [0.25, 0.3) is 0 Å². The van der Waals surface area contributed by atoms with E-state index in [-0.39, 0.29) is 12.0 Å². The zero-order valence-corrected chi connectivity index (χ0v) is 15.0. The average Bonchev–Trinajstić information content (AvgIpc) is 2.52. The van der Waals surface area contributed by atoms with Crippen molar-refractivity contribution in [3.05, 3.63) is 29.8 Å². The van der Waals surface area contributed by atoms with Gasteiger partial charge in [-0.1, -0.05) is 18.2 Å². The predicted octanol–water partition coefficient (Wildman–Crippen LogP) is 2.38. The van der Waals surface area contributed by atoms with Gasteiger partial charge < -0.3 is 19.9 Å². The van der Waals surface area contributed by atoms with Crippen LogP contribution in [0.2, 0.25) is 0 Å². The number of hydrogen-bond donors (Lipinski definition) is 1. The Morgan fingerprint density at radius 1 is 1.12 bits per heavy atom. The van der Waals surface area contributed by atoms with Crippen molar-refractivity contribution in [3.8, 4) is 0 Å². The molecule has 0 aromatic heterocycles. The monoisotopic (exact) mass is 333 g/mol. The predicted molar refractivity (Wildman–Crippen MR) is 94.0 cm³/mol. The number of para-hydroxylation sites is 1. The van der Waals surface area contributed by atoms with E-state index in [4.69, 9.17) is 4.74 Å². The summed E-state index contributed by atoms with van der Waals surface area (Å²) in [5.41, 5.74) is 1.72. The SMILES string of the molecule is CC(=O)NCc1ccccc1N1CCN(C(=O)OC(C)(C)C)CC1. The fourth-order valence-electron chi connectivity index (χ4n) is 2.64. The molecule has 0 saturated carbocycles. The summed E-state index contributed by atoms with van der Waals surface area (Å²) in [5.74, 6) is -0.0421. The first-order chi connectivity index (χ1) is 11.3. The van der Waals surface area contributed by atoms with E-state index >= 15 is 0 Å². The van der Waals surface area contributed by atoms with Gasteiger partial charge in [0, 0.05) is 45.3 Å². The van der Waals surface area contributed by atoms with Gasteiger partial charge in [0.2, 0.25) is 5.91 Å². The minimum Gasteiger partial charge on any atom is -0.444 e. The van der Waals surface area contributed by atoms with Crippen molar-refractivity contribution in [1.29, 1.82) is 0 Å². The number of piperazine rings is 1. The molecule has 1 aliphatic rings. The van der Waals surface area contributed by atoms with Crippen molar-refractivity contribution in [2.24, 2.45) is 0 Å². The lowest BCUT2D eigenvalue weighted by atomic mass is 10.1. The van der Waals surface area contributed by atoms with Gasteiger partial charge in [-0.2, -0.15) is 0 Å². The van der Waals surface area contributed by atoms with Crippen molar-refractivity contribution < 1.29 is 14.3 Å². The molecule has 2 amide bonds. The van der Waals surface area contributed by atoms with Crippen molar-refractivity contribution in [2.45, 2.75) is 39.8 Å². The van der Waals surface area contributed by atoms with Crippen LogP contribution in [0.4, 0.5) is 10.5 Å². The van der Waals surface area contributed by atoms with Gasteiger partial charge in [-0.3, -0.25) is 4.79 Å². The van der Waals surface area contributed by atoms with Gasteiger partial charge in [-0.25, -0.2) is 4.79 Å². The Balaban J connectivity index is 1.97. The highest BCUT2D eigenvalue weighted by molar-refractivity contribution is 5.73. The molecule has 6 heteroatoms. The first-order valence-electron chi connectivity index (χ1n) is 8.31. The van der Waals surface area contributed by atoms with E-state index < -0.39 is 5.60 Å². The Morgan fingerprint density at radius 2 is 1.75 bits per heavy atom. The number of carbonyl (C=O) groups is 2. The third-order valence-corrected chi connectivity index (χ3v) is 3.79. The molecule has 0 spiro atoms. The van der Waals surface area contributed by atoms with E-state index in [0.29, 0.717) is 19.6 Å². The molecule has 0 aliphatic carbocycles. The summed E-state index contributed by atoms with van der Waals surface area (Å²) in [6, 6.07) is 8.04. The molecule has 6 nitrogen and oxygen atoms in total. The highest BCUT2D eigenvalue weighted by Gasteiger charge is 2.26. The lowest BCUT2D eigenvalue weighted by Gasteiger charge is -2.37. The number of carbonyl (C=O) groups excluding carboxylic acids is 2. The van der Waals surface area contributed by atoms with Crippen LogP contribution in [0.1, 0.15) is 33.3 Å². The molecule has 0 bridgehead atoms. The fourth-order valence-corrected chi connectivity index (χ4v) is 2.64. The third-order valence-electron chi connectivity index (χ3n) is 3.79. The van der Waals surface area contributed by atoms with Gasteiger partial charge in [0.25, 0.3) is 0 Å². The van der Waals surface area contributed by atoms with Crippen molar-refractivity contribution in [3.63, 3.8) is 0 Å². The van der Waals surface area contributed by atoms with E-state index in [9.17, 15) is 9.59 Å². The van der Waals surface area contributed by atoms with Crippen molar-refractivity contribution in [1.82, 2.24) is 10.2 Å². The van der Waals surface area contributed by atoms with E-state index in [1.54, 1.807) is 4.90 Å². The first kappa shape index (κ1) is 18.1. The van der Waals surface area contributed by atoms with Crippen LogP contribution in [0.15, 0.2) is 24.3 Å². The van der Waals surface area contributed by atoms with Crippen LogP contribution < -0.4 is 10.2 Å². The molecule has 0 atom stereocenters. The maximum Gasteiger partial charge on any atom is 0.410 e. The molecule has 132 valence electrons. The minimum atomic E-state index is -0.473. The summed E-state index contributed by atoms with van der Waals surface area (Å²) in [6.45, 7) is 10.4. The molecule has 1 heterocycles. The zero-order valence-electron chi connectivity index (χ0n) is 15.0. The number of hydrogen-bond acceptors (Lipinski definition) is 4. The lowest BCUT2D eigenvalue weighted by molar-refractivity contribution is -0.119. The smallest absolute Gasteiger partial charge is 0.410 e. The molecule has 1 saturated heterocycles. The van der Waals surface area contributed by atoms with Gasteiger partial charge in [0.15, 0.2) is 0 Å². The van der Waals surface area contributed by atoms with Crippen LogP contribution in [0, 0.1) is 0 Å². The quantitative estimate of drug-likeness (QED) is 0.922. The summed E-state index contributed by atoms with van der Waals surface area (Å²) in [7, 11) is 0. The normalized spacial score (nSPS) is 15.2. The van der Waals surface area contributed by atoms with Gasteiger partial charge in [0.05, 0.1) is 0 Å². The molecular weight excluding hydrogens is 306 g/mol. The van der Waals surface area contributed by atoms with Gasteiger partial charge in [-0.05, 0) is 32.4 Å². The molecule has 1 aromatic carbocycles. The van der Waals surface area contributed by atoms with Gasteiger partial charge >= 0.3 is 6.09 Å². The summed E-state index contributed by atoms with van der Waals surface area (Å²) in [6.07, 6.45) is -0.256. The maximum absolute atomic E-state index is 12.1. The van der Waals surface area contributed by atoms with Crippen molar-refractivity contribution >= 4 is 17.7 Å². The highest BCUT2D eigenvalue weighted by Crippen LogP contribution is 2.22. The Morgan fingerprint density at radius 3 is 2.33 bits per heavy atom. The molecule has 2 rings (SSSR count). The number of benzene rings is 1. The molecule has 1 aliphatic heterocycles. The first-order valence-corrected chi connectivity index (χ1v) is 8.31. The standard InChI is InChI=1S/C18H27N3O3/c1-14(22)19-13-15-7-5-6-8-16(15)20-9-11-21(12-10-20)17(23)24-18(2,3)4/h5-8H,9-13H2,1-4H3,(H,19,22). The van der Waals surface area contributed by atoms with Gasteiger partial charge in [-0.15, -0.1) is 0 Å². The Bertz CT molecular complexity index is 587. The van der Waals surface area contributed by atoms with E-state index in [1.807, 2.05) is 39.0 Å². The number of rotatable bonds is 3. The van der Waals surface area contributed by atoms with Crippen molar-refractivity contribution in [2.75, 3.05) is 31.1 Å². The number of nitrogens with one attached hydrogen (secondary N) is 1. The second-order valence-corrected chi connectivity index (χ2v) is 6.99. The molecule has 1 fully saturated rings. The topological polar surface area (TPSA) is 61.9 Å². The largest absolute Gasteiger partial charge is 0.444 e. The van der Waals surface area contributed by atoms with Gasteiger partial charge in [0.1, 0.15) is 5.60 Å².